The third-order valence-electron chi connectivity index (χ3n) is 3.44. The van der Waals surface area contributed by atoms with Crippen molar-refractivity contribution in [3.05, 3.63) is 23.2 Å². The van der Waals surface area contributed by atoms with Crippen molar-refractivity contribution in [1.29, 1.82) is 0 Å². The summed E-state index contributed by atoms with van der Waals surface area (Å²) in [5.74, 6) is 0.771. The van der Waals surface area contributed by atoms with Crippen LogP contribution < -0.4 is 10.1 Å². The first-order valence-electron chi connectivity index (χ1n) is 7.95. The highest BCUT2D eigenvalue weighted by Crippen LogP contribution is 2.30. The predicted octanol–water partition coefficient (Wildman–Crippen LogP) is 4.16. The molecule has 23 heavy (non-hydrogen) atoms. The summed E-state index contributed by atoms with van der Waals surface area (Å²) in [4.78, 5) is 13.8. The fourth-order valence-corrected chi connectivity index (χ4v) is 2.66. The molecule has 1 N–H and O–H groups in total. The molecule has 1 aliphatic rings. The Kier molecular flexibility index (Phi) is 5.63. The van der Waals surface area contributed by atoms with Gasteiger partial charge in [-0.25, -0.2) is 4.79 Å². The van der Waals surface area contributed by atoms with E-state index in [2.05, 4.69) is 5.32 Å². The summed E-state index contributed by atoms with van der Waals surface area (Å²) < 4.78 is 11.0. The minimum atomic E-state index is -0.475. The molecule has 2 rings (SSSR count). The predicted molar refractivity (Wildman–Crippen MR) is 92.5 cm³/mol. The van der Waals surface area contributed by atoms with Gasteiger partial charge in [0.05, 0.1) is 12.3 Å². The van der Waals surface area contributed by atoms with Crippen molar-refractivity contribution in [3.63, 3.8) is 0 Å². The number of anilines is 1. The van der Waals surface area contributed by atoms with Gasteiger partial charge in [-0.05, 0) is 52.3 Å². The number of halogens is 1. The van der Waals surface area contributed by atoms with Crippen molar-refractivity contribution in [2.45, 2.75) is 45.8 Å². The summed E-state index contributed by atoms with van der Waals surface area (Å²) in [5.41, 5.74) is 0.382. The summed E-state index contributed by atoms with van der Waals surface area (Å²) in [6.07, 6.45) is 0.593. The number of nitrogens with zero attached hydrogens (tertiary/aromatic N) is 1. The molecule has 6 heteroatoms. The molecule has 0 spiro atoms. The number of amides is 1. The topological polar surface area (TPSA) is 50.8 Å². The molecule has 128 valence electrons. The van der Waals surface area contributed by atoms with Gasteiger partial charge in [-0.15, -0.1) is 0 Å². The molecule has 1 fully saturated rings. The van der Waals surface area contributed by atoms with E-state index in [0.29, 0.717) is 24.7 Å². The van der Waals surface area contributed by atoms with E-state index in [9.17, 15) is 4.79 Å². The zero-order valence-electron chi connectivity index (χ0n) is 14.2. The van der Waals surface area contributed by atoms with Crippen molar-refractivity contribution in [2.75, 3.05) is 25.0 Å². The fourth-order valence-electron chi connectivity index (χ4n) is 2.49. The molecule has 1 aromatic carbocycles. The summed E-state index contributed by atoms with van der Waals surface area (Å²) in [7, 11) is 0. The lowest BCUT2D eigenvalue weighted by atomic mass is 10.2. The van der Waals surface area contributed by atoms with Crippen LogP contribution in [0.15, 0.2) is 18.2 Å². The highest BCUT2D eigenvalue weighted by atomic mass is 35.5. The third kappa shape index (κ3) is 5.20. The molecule has 1 aromatic rings. The Bertz CT molecular complexity index is 557. The number of hydrogen-bond acceptors (Lipinski definition) is 4. The monoisotopic (exact) mass is 340 g/mol. The van der Waals surface area contributed by atoms with Crippen molar-refractivity contribution in [2.24, 2.45) is 0 Å². The van der Waals surface area contributed by atoms with Gasteiger partial charge in [-0.1, -0.05) is 11.6 Å². The molecule has 1 heterocycles. The second-order valence-electron chi connectivity index (χ2n) is 6.63. The summed E-state index contributed by atoms with van der Waals surface area (Å²) in [5, 5.41) is 4.07. The number of nitrogens with one attached hydrogen (secondary N) is 1. The zero-order chi connectivity index (χ0) is 17.0. The van der Waals surface area contributed by atoms with Gasteiger partial charge in [0.15, 0.2) is 0 Å². The van der Waals surface area contributed by atoms with E-state index in [1.807, 2.05) is 39.8 Å². The highest BCUT2D eigenvalue weighted by molar-refractivity contribution is 6.30. The SMILES string of the molecule is CCOc1ccc(Cl)cc1NC1CCN(C(=O)OC(C)(C)C)C1. The van der Waals surface area contributed by atoms with Crippen molar-refractivity contribution in [3.8, 4) is 5.75 Å². The van der Waals surface area contributed by atoms with Crippen LogP contribution in [0.5, 0.6) is 5.75 Å². The lowest BCUT2D eigenvalue weighted by molar-refractivity contribution is 0.0293. The van der Waals surface area contributed by atoms with Gasteiger partial charge in [0.25, 0.3) is 0 Å². The van der Waals surface area contributed by atoms with E-state index >= 15 is 0 Å². The molecule has 1 unspecified atom stereocenters. The number of carbonyl (C=O) groups excluding carboxylic acids is 1. The Balaban J connectivity index is 1.98. The zero-order valence-corrected chi connectivity index (χ0v) is 14.9. The minimum Gasteiger partial charge on any atom is -0.492 e. The van der Waals surface area contributed by atoms with Crippen LogP contribution in [0, 0.1) is 0 Å². The van der Waals surface area contributed by atoms with Crippen molar-refractivity contribution < 1.29 is 14.3 Å². The van der Waals surface area contributed by atoms with Crippen LogP contribution in [0.4, 0.5) is 10.5 Å². The van der Waals surface area contributed by atoms with E-state index in [4.69, 9.17) is 21.1 Å². The molecule has 0 bridgehead atoms. The van der Waals surface area contributed by atoms with Crippen molar-refractivity contribution >= 4 is 23.4 Å². The Morgan fingerprint density at radius 1 is 1.43 bits per heavy atom. The lowest BCUT2D eigenvalue weighted by Crippen LogP contribution is -2.36. The number of carbonyl (C=O) groups is 1. The first kappa shape index (κ1) is 17.7. The fraction of sp³-hybridized carbons (Fsp3) is 0.588. The van der Waals surface area contributed by atoms with Gasteiger partial charge >= 0.3 is 6.09 Å². The maximum atomic E-state index is 12.1. The molecular formula is C17H25ClN2O3. The average molecular weight is 341 g/mol. The number of ether oxygens (including phenoxy) is 2. The summed E-state index contributed by atoms with van der Waals surface area (Å²) in [6, 6.07) is 5.66. The van der Waals surface area contributed by atoms with Crippen LogP contribution in [0.3, 0.4) is 0 Å². The van der Waals surface area contributed by atoms with E-state index in [1.54, 1.807) is 11.0 Å². The summed E-state index contributed by atoms with van der Waals surface area (Å²) in [6.45, 7) is 9.43. The maximum Gasteiger partial charge on any atom is 0.410 e. The number of likely N-dealkylation sites (tertiary alicyclic amines) is 1. The first-order chi connectivity index (χ1) is 10.8. The van der Waals surface area contributed by atoms with Gasteiger partial charge in [-0.2, -0.15) is 0 Å². The molecule has 0 aliphatic carbocycles. The highest BCUT2D eigenvalue weighted by Gasteiger charge is 2.30. The molecule has 1 amide bonds. The largest absolute Gasteiger partial charge is 0.492 e. The third-order valence-corrected chi connectivity index (χ3v) is 3.68. The van der Waals surface area contributed by atoms with Crippen LogP contribution in [0.25, 0.3) is 0 Å². The number of benzene rings is 1. The molecule has 1 atom stereocenters. The lowest BCUT2D eigenvalue weighted by Gasteiger charge is -2.24. The Labute approximate surface area is 142 Å². The van der Waals surface area contributed by atoms with E-state index in [0.717, 1.165) is 17.9 Å². The molecular weight excluding hydrogens is 316 g/mol. The van der Waals surface area contributed by atoms with E-state index in [1.165, 1.54) is 0 Å². The van der Waals surface area contributed by atoms with Crippen LogP contribution in [-0.4, -0.2) is 42.3 Å². The van der Waals surface area contributed by atoms with Gasteiger partial charge < -0.3 is 19.7 Å². The smallest absolute Gasteiger partial charge is 0.410 e. The van der Waals surface area contributed by atoms with Crippen LogP contribution >= 0.6 is 11.6 Å². The minimum absolute atomic E-state index is 0.153. The van der Waals surface area contributed by atoms with Gasteiger partial charge in [0.2, 0.25) is 0 Å². The Morgan fingerprint density at radius 2 is 2.17 bits per heavy atom. The van der Waals surface area contributed by atoms with Crippen LogP contribution in [0.2, 0.25) is 5.02 Å². The van der Waals surface area contributed by atoms with Gasteiger partial charge in [0, 0.05) is 24.2 Å². The van der Waals surface area contributed by atoms with Crippen LogP contribution in [-0.2, 0) is 4.74 Å². The first-order valence-corrected chi connectivity index (χ1v) is 8.33. The second-order valence-corrected chi connectivity index (χ2v) is 7.07. The van der Waals surface area contributed by atoms with Crippen molar-refractivity contribution in [1.82, 2.24) is 4.90 Å². The molecule has 0 saturated carbocycles. The second kappa shape index (κ2) is 7.30. The van der Waals surface area contributed by atoms with E-state index in [-0.39, 0.29) is 12.1 Å². The van der Waals surface area contributed by atoms with Gasteiger partial charge in [-0.3, -0.25) is 0 Å². The average Bonchev–Trinajstić information content (AvgIpc) is 2.89. The van der Waals surface area contributed by atoms with E-state index < -0.39 is 5.60 Å². The number of hydrogen-bond donors (Lipinski definition) is 1. The van der Waals surface area contributed by atoms with Gasteiger partial charge in [0.1, 0.15) is 11.4 Å². The Morgan fingerprint density at radius 3 is 2.83 bits per heavy atom. The summed E-state index contributed by atoms with van der Waals surface area (Å²) >= 11 is 6.07. The molecule has 1 aliphatic heterocycles. The molecule has 5 nitrogen and oxygen atoms in total. The molecule has 1 saturated heterocycles. The quantitative estimate of drug-likeness (QED) is 0.894. The maximum absolute atomic E-state index is 12.1. The normalized spacial score (nSPS) is 18.0. The Hall–Kier alpha value is -1.62. The number of rotatable bonds is 4. The molecule has 0 radical (unpaired) electrons. The van der Waals surface area contributed by atoms with Crippen LogP contribution in [0.1, 0.15) is 34.1 Å². The molecule has 0 aromatic heterocycles. The standard InChI is InChI=1S/C17H25ClN2O3/c1-5-22-15-7-6-12(18)10-14(15)19-13-8-9-20(11-13)16(21)23-17(2,3)4/h6-7,10,13,19H,5,8-9,11H2,1-4H3.